The monoisotopic (exact) mass is 470 g/mol. The fourth-order valence-corrected chi connectivity index (χ4v) is 7.50. The normalized spacial score (nSPS) is 21.2. The van der Waals surface area contributed by atoms with Crippen molar-refractivity contribution in [1.29, 1.82) is 0 Å². The Morgan fingerprint density at radius 3 is 2.53 bits per heavy atom. The number of carbonyl (C=O) groups is 1. The van der Waals surface area contributed by atoms with Crippen molar-refractivity contribution in [3.8, 4) is 0 Å². The number of thioether (sulfide) groups is 1. The minimum absolute atomic E-state index is 0.0472. The van der Waals surface area contributed by atoms with Crippen molar-refractivity contribution < 1.29 is 17.7 Å². The van der Waals surface area contributed by atoms with Crippen LogP contribution in [0.5, 0.6) is 0 Å². The summed E-state index contributed by atoms with van der Waals surface area (Å²) in [6.45, 7) is 7.41. The SMILES string of the molecule is Cc1cc(C)c(C2(C(N)=O)SC=CC2S(=O)(=O)Nc2onc(C)c2Cl)c(C)c1CN. The first-order valence-electron chi connectivity index (χ1n) is 9.05. The fraction of sp³-hybridized carbons (Fsp3) is 0.368. The van der Waals surface area contributed by atoms with Gasteiger partial charge in [-0.2, -0.15) is 0 Å². The Morgan fingerprint density at radius 2 is 2.00 bits per heavy atom. The molecule has 2 atom stereocenters. The van der Waals surface area contributed by atoms with Crippen LogP contribution < -0.4 is 16.2 Å². The number of carbonyl (C=O) groups excluding carboxylic acids is 1. The van der Waals surface area contributed by atoms with Crippen LogP contribution in [0.15, 0.2) is 22.1 Å². The topological polar surface area (TPSA) is 141 Å². The number of halogens is 1. The number of primary amides is 1. The number of amides is 1. The van der Waals surface area contributed by atoms with Crippen LogP contribution in [0.2, 0.25) is 5.02 Å². The molecule has 0 fully saturated rings. The Kier molecular flexibility index (Phi) is 5.98. The predicted octanol–water partition coefficient (Wildman–Crippen LogP) is 2.77. The molecule has 0 saturated heterocycles. The van der Waals surface area contributed by atoms with Gasteiger partial charge in [0.05, 0.1) is 0 Å². The Balaban J connectivity index is 2.21. The molecule has 0 spiro atoms. The molecule has 162 valence electrons. The molecule has 11 heteroatoms. The zero-order valence-corrected chi connectivity index (χ0v) is 19.3. The van der Waals surface area contributed by atoms with Crippen molar-refractivity contribution in [2.24, 2.45) is 11.5 Å². The predicted molar refractivity (Wildman–Crippen MR) is 119 cm³/mol. The number of benzene rings is 1. The lowest BCUT2D eigenvalue weighted by atomic mass is 9.83. The number of aryl methyl sites for hydroxylation is 3. The van der Waals surface area contributed by atoms with E-state index in [1.807, 2.05) is 26.8 Å². The zero-order valence-electron chi connectivity index (χ0n) is 16.9. The van der Waals surface area contributed by atoms with Gasteiger partial charge >= 0.3 is 0 Å². The van der Waals surface area contributed by atoms with Gasteiger partial charge in [-0.05, 0) is 60.9 Å². The molecule has 30 heavy (non-hydrogen) atoms. The van der Waals surface area contributed by atoms with Gasteiger partial charge < -0.3 is 16.0 Å². The Labute approximate surface area is 184 Å². The first-order chi connectivity index (χ1) is 14.0. The highest BCUT2D eigenvalue weighted by atomic mass is 35.5. The van der Waals surface area contributed by atoms with E-state index in [0.29, 0.717) is 11.3 Å². The van der Waals surface area contributed by atoms with E-state index in [9.17, 15) is 13.2 Å². The zero-order chi connectivity index (χ0) is 22.4. The molecule has 1 amide bonds. The average Bonchev–Trinajstić information content (AvgIpc) is 3.22. The summed E-state index contributed by atoms with van der Waals surface area (Å²) in [5.74, 6) is -0.983. The van der Waals surface area contributed by atoms with Gasteiger partial charge in [0.2, 0.25) is 15.9 Å². The third-order valence-corrected chi connectivity index (χ3v) is 8.91. The van der Waals surface area contributed by atoms with Crippen LogP contribution in [0, 0.1) is 27.7 Å². The Hall–Kier alpha value is -2.01. The molecule has 1 aliphatic heterocycles. The first-order valence-corrected chi connectivity index (χ1v) is 11.9. The number of anilines is 1. The molecule has 0 aliphatic carbocycles. The molecular formula is C19H23ClN4O4S2. The Bertz CT molecular complexity index is 1160. The minimum Gasteiger partial charge on any atom is -0.368 e. The smallest absolute Gasteiger partial charge is 0.257 e. The van der Waals surface area contributed by atoms with Crippen LogP contribution in [0.25, 0.3) is 0 Å². The molecule has 1 aromatic heterocycles. The van der Waals surface area contributed by atoms with Gasteiger partial charge in [0.15, 0.2) is 0 Å². The molecule has 0 bridgehead atoms. The summed E-state index contributed by atoms with van der Waals surface area (Å²) in [5.41, 5.74) is 16.0. The van der Waals surface area contributed by atoms with E-state index in [1.165, 1.54) is 6.08 Å². The number of hydrogen-bond donors (Lipinski definition) is 3. The van der Waals surface area contributed by atoms with Crippen LogP contribution in [-0.2, 0) is 26.1 Å². The lowest BCUT2D eigenvalue weighted by Crippen LogP contribution is -2.50. The second-order valence-electron chi connectivity index (χ2n) is 7.22. The lowest BCUT2D eigenvalue weighted by molar-refractivity contribution is -0.120. The van der Waals surface area contributed by atoms with E-state index < -0.39 is 25.9 Å². The molecule has 1 aromatic carbocycles. The van der Waals surface area contributed by atoms with Crippen molar-refractivity contribution in [1.82, 2.24) is 5.16 Å². The van der Waals surface area contributed by atoms with E-state index >= 15 is 0 Å². The molecule has 0 radical (unpaired) electrons. The van der Waals surface area contributed by atoms with E-state index in [1.54, 1.807) is 12.3 Å². The van der Waals surface area contributed by atoms with Crippen molar-refractivity contribution in [2.45, 2.75) is 44.2 Å². The second kappa shape index (κ2) is 7.92. The average molecular weight is 471 g/mol. The van der Waals surface area contributed by atoms with Crippen molar-refractivity contribution in [2.75, 3.05) is 4.72 Å². The summed E-state index contributed by atoms with van der Waals surface area (Å²) in [4.78, 5) is 12.9. The summed E-state index contributed by atoms with van der Waals surface area (Å²) in [7, 11) is -4.19. The maximum Gasteiger partial charge on any atom is 0.257 e. The summed E-state index contributed by atoms with van der Waals surface area (Å²) >= 11 is 7.13. The van der Waals surface area contributed by atoms with Crippen molar-refractivity contribution >= 4 is 45.2 Å². The third kappa shape index (κ3) is 3.41. The largest absolute Gasteiger partial charge is 0.368 e. The second-order valence-corrected chi connectivity index (χ2v) is 10.5. The molecule has 5 N–H and O–H groups in total. The van der Waals surface area contributed by atoms with Crippen molar-refractivity contribution in [3.63, 3.8) is 0 Å². The number of rotatable bonds is 6. The van der Waals surface area contributed by atoms with Crippen LogP contribution in [0.3, 0.4) is 0 Å². The highest BCUT2D eigenvalue weighted by molar-refractivity contribution is 8.05. The number of nitrogens with one attached hydrogen (secondary N) is 1. The van der Waals surface area contributed by atoms with Crippen LogP contribution in [0.1, 0.15) is 33.5 Å². The quantitative estimate of drug-likeness (QED) is 0.589. The molecule has 3 rings (SSSR count). The van der Waals surface area contributed by atoms with Gasteiger partial charge in [-0.25, -0.2) is 13.1 Å². The van der Waals surface area contributed by atoms with Gasteiger partial charge in [0, 0.05) is 6.54 Å². The van der Waals surface area contributed by atoms with Crippen molar-refractivity contribution in [3.05, 3.63) is 56.1 Å². The maximum absolute atomic E-state index is 13.3. The number of hydrogen-bond acceptors (Lipinski definition) is 7. The van der Waals surface area contributed by atoms with Crippen LogP contribution >= 0.6 is 23.4 Å². The summed E-state index contributed by atoms with van der Waals surface area (Å²) in [5, 5.41) is 3.97. The van der Waals surface area contributed by atoms with E-state index in [4.69, 9.17) is 27.6 Å². The molecule has 1 aliphatic rings. The molecule has 0 saturated carbocycles. The molecule has 2 heterocycles. The van der Waals surface area contributed by atoms with Gasteiger partial charge in [-0.1, -0.05) is 28.9 Å². The summed E-state index contributed by atoms with van der Waals surface area (Å²) in [6.07, 6.45) is 1.44. The standard InChI is InChI=1S/C19H23ClN4O4S2/c1-9-7-10(2)15(11(3)13(9)8-21)19(18(22)25)14(5-6-29-19)30(26,27)24-17-16(20)12(4)23-28-17/h5-7,14,24H,8,21H2,1-4H3,(H2,22,25). The van der Waals surface area contributed by atoms with Gasteiger partial charge in [0.1, 0.15) is 20.7 Å². The van der Waals surface area contributed by atoms with Gasteiger partial charge in [-0.3, -0.25) is 4.79 Å². The van der Waals surface area contributed by atoms with E-state index in [2.05, 4.69) is 9.88 Å². The molecule has 2 unspecified atom stereocenters. The lowest BCUT2D eigenvalue weighted by Gasteiger charge is -2.35. The number of nitrogens with two attached hydrogens (primary N) is 2. The Morgan fingerprint density at radius 1 is 1.33 bits per heavy atom. The highest BCUT2D eigenvalue weighted by Gasteiger charge is 2.55. The third-order valence-electron chi connectivity index (χ3n) is 5.34. The first kappa shape index (κ1) is 22.7. The van der Waals surface area contributed by atoms with Crippen LogP contribution in [-0.4, -0.2) is 24.7 Å². The molecule has 2 aromatic rings. The number of aromatic nitrogens is 1. The number of nitrogens with zero attached hydrogens (tertiary/aromatic N) is 1. The molecular weight excluding hydrogens is 448 g/mol. The number of sulfonamides is 1. The van der Waals surface area contributed by atoms with Gasteiger partial charge in [-0.15, -0.1) is 11.8 Å². The van der Waals surface area contributed by atoms with E-state index in [0.717, 1.165) is 34.0 Å². The summed E-state index contributed by atoms with van der Waals surface area (Å²) in [6, 6.07) is 1.89. The molecule has 8 nitrogen and oxygen atoms in total. The summed E-state index contributed by atoms with van der Waals surface area (Å²) < 4.78 is 32.4. The van der Waals surface area contributed by atoms with E-state index in [-0.39, 0.29) is 17.5 Å². The highest BCUT2D eigenvalue weighted by Crippen LogP contribution is 2.51. The van der Waals surface area contributed by atoms with Crippen LogP contribution in [0.4, 0.5) is 5.88 Å². The maximum atomic E-state index is 13.3. The fourth-order valence-electron chi connectivity index (χ4n) is 3.99. The minimum atomic E-state index is -4.19. The van der Waals surface area contributed by atoms with Gasteiger partial charge in [0.25, 0.3) is 5.88 Å².